The van der Waals surface area contributed by atoms with Crippen molar-refractivity contribution in [2.45, 2.75) is 71.0 Å². The Morgan fingerprint density at radius 1 is 1.03 bits per heavy atom. The summed E-state index contributed by atoms with van der Waals surface area (Å²) in [5.41, 5.74) is 4.70. The van der Waals surface area contributed by atoms with Gasteiger partial charge in [0, 0.05) is 25.2 Å². The molecule has 0 radical (unpaired) electrons. The topological polar surface area (TPSA) is 146 Å². The number of sulfone groups is 1. The smallest absolute Gasteiger partial charge is 0.294 e. The second-order valence-corrected chi connectivity index (χ2v) is 11.7. The number of aromatic nitrogens is 7. The minimum atomic E-state index is -3.38. The van der Waals surface area contributed by atoms with Crippen LogP contribution < -0.4 is 10.9 Å². The van der Waals surface area contributed by atoms with Crippen LogP contribution in [0.1, 0.15) is 61.7 Å². The third-order valence-corrected chi connectivity index (χ3v) is 8.26. The molecule has 0 aliphatic heterocycles. The predicted octanol–water partition coefficient (Wildman–Crippen LogP) is 3.35. The normalized spacial score (nSPS) is 13.7. The van der Waals surface area contributed by atoms with Gasteiger partial charge in [0.2, 0.25) is 0 Å². The van der Waals surface area contributed by atoms with Crippen molar-refractivity contribution < 1.29 is 8.42 Å². The average Bonchev–Trinajstić information content (AvgIpc) is 3.75. The molecule has 0 aromatic carbocycles. The van der Waals surface area contributed by atoms with Gasteiger partial charge in [0.1, 0.15) is 11.8 Å². The van der Waals surface area contributed by atoms with Crippen molar-refractivity contribution in [3.63, 3.8) is 0 Å². The number of anilines is 1. The third-order valence-electron chi connectivity index (χ3n) is 6.62. The lowest BCUT2D eigenvalue weighted by Gasteiger charge is -2.15. The van der Waals surface area contributed by atoms with E-state index in [-0.39, 0.29) is 28.7 Å². The molecule has 11 nitrogen and oxygen atoms in total. The second kappa shape index (κ2) is 10.2. The summed E-state index contributed by atoms with van der Waals surface area (Å²) < 4.78 is 25.7. The lowest BCUT2D eigenvalue weighted by molar-refractivity contribution is 0.593. The van der Waals surface area contributed by atoms with Crippen LogP contribution in [0, 0.1) is 13.8 Å². The van der Waals surface area contributed by atoms with Crippen LogP contribution in [-0.2, 0) is 22.9 Å². The summed E-state index contributed by atoms with van der Waals surface area (Å²) in [6.07, 6.45) is 5.97. The van der Waals surface area contributed by atoms with E-state index in [1.165, 1.54) is 12.3 Å². The van der Waals surface area contributed by atoms with Gasteiger partial charge in [-0.3, -0.25) is 9.36 Å². The van der Waals surface area contributed by atoms with Gasteiger partial charge in [-0.05, 0) is 44.7 Å². The zero-order chi connectivity index (χ0) is 27.0. The van der Waals surface area contributed by atoms with Crippen molar-refractivity contribution in [3.05, 3.63) is 57.7 Å². The summed E-state index contributed by atoms with van der Waals surface area (Å²) >= 11 is 0. The zero-order valence-electron chi connectivity index (χ0n) is 21.9. The molecular weight excluding hydrogens is 504 g/mol. The molecule has 0 atom stereocenters. The number of aryl methyl sites for hydroxylation is 3. The van der Waals surface area contributed by atoms with Gasteiger partial charge in [-0.2, -0.15) is 0 Å². The monoisotopic (exact) mass is 534 g/mol. The fourth-order valence-electron chi connectivity index (χ4n) is 4.38. The molecule has 0 saturated heterocycles. The van der Waals surface area contributed by atoms with E-state index < -0.39 is 9.84 Å². The van der Waals surface area contributed by atoms with Crippen molar-refractivity contribution in [1.82, 2.24) is 34.5 Å². The molecule has 1 aliphatic carbocycles. The Balaban J connectivity index is 1.54. The van der Waals surface area contributed by atoms with Crippen LogP contribution in [0.15, 0.2) is 34.5 Å². The fraction of sp³-hybridized carbons (Fsp3) is 0.423. The maximum atomic E-state index is 13.5. The summed E-state index contributed by atoms with van der Waals surface area (Å²) in [5, 5.41) is 3.13. The highest BCUT2D eigenvalue weighted by Gasteiger charge is 2.30. The van der Waals surface area contributed by atoms with E-state index in [0.29, 0.717) is 35.1 Å². The first kappa shape index (κ1) is 25.8. The molecule has 1 fully saturated rings. The Morgan fingerprint density at radius 3 is 2.47 bits per heavy atom. The fourth-order valence-corrected chi connectivity index (χ4v) is 5.16. The van der Waals surface area contributed by atoms with Gasteiger partial charge in [-0.15, -0.1) is 0 Å². The minimum absolute atomic E-state index is 0.0164. The van der Waals surface area contributed by atoms with E-state index in [4.69, 9.17) is 9.97 Å². The second-order valence-electron chi connectivity index (χ2n) is 9.48. The molecule has 0 unspecified atom stereocenters. The maximum absolute atomic E-state index is 13.5. The molecule has 0 amide bonds. The van der Waals surface area contributed by atoms with E-state index in [2.05, 4.69) is 25.3 Å². The molecule has 1 aliphatic rings. The Labute approximate surface area is 220 Å². The van der Waals surface area contributed by atoms with Crippen LogP contribution in [0.4, 0.5) is 5.82 Å². The molecule has 4 aromatic rings. The van der Waals surface area contributed by atoms with Gasteiger partial charge in [0.15, 0.2) is 32.2 Å². The quantitative estimate of drug-likeness (QED) is 0.339. The van der Waals surface area contributed by atoms with E-state index in [1.807, 2.05) is 20.8 Å². The lowest BCUT2D eigenvalue weighted by Crippen LogP contribution is -2.27. The van der Waals surface area contributed by atoms with Crippen molar-refractivity contribution in [2.75, 3.05) is 11.1 Å². The number of hydrogen-bond acceptors (Lipinski definition) is 10. The minimum Gasteiger partial charge on any atom is -0.361 e. The number of fused-ring (bicyclic) bond motifs is 1. The maximum Gasteiger partial charge on any atom is 0.294 e. The van der Waals surface area contributed by atoms with Crippen LogP contribution in [0.3, 0.4) is 0 Å². The zero-order valence-corrected chi connectivity index (χ0v) is 22.7. The van der Waals surface area contributed by atoms with Crippen LogP contribution in [-0.4, -0.2) is 48.6 Å². The van der Waals surface area contributed by atoms with Crippen molar-refractivity contribution in [3.8, 4) is 11.4 Å². The van der Waals surface area contributed by atoms with Crippen LogP contribution >= 0.6 is 0 Å². The van der Waals surface area contributed by atoms with Crippen LogP contribution in [0.25, 0.3) is 22.6 Å². The Hall–Kier alpha value is -3.80. The van der Waals surface area contributed by atoms with Gasteiger partial charge in [-0.25, -0.2) is 38.3 Å². The molecule has 198 valence electrons. The Kier molecular flexibility index (Phi) is 6.91. The molecule has 4 heterocycles. The van der Waals surface area contributed by atoms with E-state index in [9.17, 15) is 13.2 Å². The number of hydrogen-bond donors (Lipinski definition) is 1. The molecule has 0 spiro atoms. The number of nitrogens with zero attached hydrogens (tertiary/aromatic N) is 7. The molecule has 1 saturated carbocycles. The van der Waals surface area contributed by atoms with Gasteiger partial charge in [0.05, 0.1) is 28.4 Å². The Bertz CT molecular complexity index is 1680. The molecule has 12 heteroatoms. The SMILES string of the molecule is CCCn1c(=O)c(NCc2ccc(S(=O)(=O)CC)nc2)nc2c(C)nc(-c3c(C)ncnc3C3CC3)nc21. The third kappa shape index (κ3) is 4.87. The number of pyridine rings is 1. The highest BCUT2D eigenvalue weighted by Crippen LogP contribution is 2.43. The summed E-state index contributed by atoms with van der Waals surface area (Å²) in [6.45, 7) is 8.08. The molecule has 1 N–H and O–H groups in total. The lowest BCUT2D eigenvalue weighted by atomic mass is 10.1. The highest BCUT2D eigenvalue weighted by molar-refractivity contribution is 7.91. The average molecular weight is 535 g/mol. The van der Waals surface area contributed by atoms with Crippen molar-refractivity contribution in [1.29, 1.82) is 0 Å². The van der Waals surface area contributed by atoms with Gasteiger partial charge in [-0.1, -0.05) is 19.9 Å². The van der Waals surface area contributed by atoms with Crippen LogP contribution in [0.2, 0.25) is 0 Å². The van der Waals surface area contributed by atoms with Gasteiger partial charge >= 0.3 is 0 Å². The van der Waals surface area contributed by atoms with Crippen molar-refractivity contribution in [2.24, 2.45) is 0 Å². The molecule has 4 aromatic heterocycles. The van der Waals surface area contributed by atoms with Gasteiger partial charge < -0.3 is 5.32 Å². The van der Waals surface area contributed by atoms with Gasteiger partial charge in [0.25, 0.3) is 5.56 Å². The number of nitrogens with one attached hydrogen (secondary N) is 1. The predicted molar refractivity (Wildman–Crippen MR) is 144 cm³/mol. The first-order chi connectivity index (χ1) is 18.2. The van der Waals surface area contributed by atoms with E-state index in [1.54, 1.807) is 23.9 Å². The highest BCUT2D eigenvalue weighted by atomic mass is 32.2. The molecule has 0 bridgehead atoms. The summed E-state index contributed by atoms with van der Waals surface area (Å²) in [6, 6.07) is 3.15. The molecule has 5 rings (SSSR count). The number of rotatable bonds is 9. The van der Waals surface area contributed by atoms with Crippen LogP contribution in [0.5, 0.6) is 0 Å². The summed E-state index contributed by atoms with van der Waals surface area (Å²) in [7, 11) is -3.38. The largest absolute Gasteiger partial charge is 0.361 e. The molecule has 38 heavy (non-hydrogen) atoms. The Morgan fingerprint density at radius 2 is 1.82 bits per heavy atom. The standard InChI is InChI=1S/C26H30N8O3S/c1-5-11-34-25-21(16(4)31-23(33-25)20-15(3)29-14-30-22(20)18-8-9-18)32-24(26(34)35)28-13-17-7-10-19(27-12-17)38(36,37)6-2/h7,10,12,14,18H,5-6,8-9,11,13H2,1-4H3,(H,28,32). The van der Waals surface area contributed by atoms with Crippen molar-refractivity contribution >= 4 is 26.8 Å². The van der Waals surface area contributed by atoms with E-state index in [0.717, 1.165) is 41.8 Å². The summed E-state index contributed by atoms with van der Waals surface area (Å²) in [4.78, 5) is 40.7. The summed E-state index contributed by atoms with van der Waals surface area (Å²) in [5.74, 6) is 1.06. The first-order valence-electron chi connectivity index (χ1n) is 12.8. The van der Waals surface area contributed by atoms with E-state index >= 15 is 0 Å². The first-order valence-corrected chi connectivity index (χ1v) is 14.4. The molecular formula is C26H30N8O3S.